The summed E-state index contributed by atoms with van der Waals surface area (Å²) in [5.41, 5.74) is 2.08. The van der Waals surface area contributed by atoms with Crippen molar-refractivity contribution in [2.75, 3.05) is 6.54 Å². The number of aromatic nitrogens is 1. The monoisotopic (exact) mass is 416 g/mol. The molecular weight excluding hydrogens is 397 g/mol. The van der Waals surface area contributed by atoms with Gasteiger partial charge in [0.15, 0.2) is 0 Å². The molecule has 1 aromatic heterocycles. The molecule has 3 aromatic rings. The summed E-state index contributed by atoms with van der Waals surface area (Å²) >= 11 is 1.45. The maximum absolute atomic E-state index is 12.7. The maximum Gasteiger partial charge on any atom is 0.416 e. The summed E-state index contributed by atoms with van der Waals surface area (Å²) in [6, 6.07) is 15.0. The molecule has 0 saturated carbocycles. The number of nitrogens with zero attached hydrogens (tertiary/aromatic N) is 2. The Morgan fingerprint density at radius 1 is 1.07 bits per heavy atom. The third kappa shape index (κ3) is 4.50. The molecule has 0 unspecified atom stereocenters. The van der Waals surface area contributed by atoms with Crippen molar-refractivity contribution in [2.24, 2.45) is 0 Å². The van der Waals surface area contributed by atoms with Gasteiger partial charge in [-0.05, 0) is 24.1 Å². The fourth-order valence-corrected chi connectivity index (χ4v) is 4.52. The lowest BCUT2D eigenvalue weighted by atomic mass is 10.1. The van der Waals surface area contributed by atoms with Gasteiger partial charge in [0, 0.05) is 29.8 Å². The molecule has 1 amide bonds. The lowest BCUT2D eigenvalue weighted by Crippen LogP contribution is -2.35. The molecule has 0 N–H and O–H groups in total. The van der Waals surface area contributed by atoms with Gasteiger partial charge in [0.1, 0.15) is 5.01 Å². The van der Waals surface area contributed by atoms with Crippen LogP contribution in [0.5, 0.6) is 0 Å². The average molecular weight is 416 g/mol. The number of hydrogen-bond acceptors (Lipinski definition) is 3. The topological polar surface area (TPSA) is 33.2 Å². The van der Waals surface area contributed by atoms with E-state index in [9.17, 15) is 18.0 Å². The van der Waals surface area contributed by atoms with E-state index in [1.54, 1.807) is 0 Å². The van der Waals surface area contributed by atoms with Crippen molar-refractivity contribution in [1.82, 2.24) is 9.88 Å². The molecule has 2 heterocycles. The fraction of sp³-hybridized carbons (Fsp3) is 0.273. The van der Waals surface area contributed by atoms with E-state index in [1.165, 1.54) is 23.5 Å². The first-order valence-electron chi connectivity index (χ1n) is 9.38. The Balaban J connectivity index is 1.42. The molecule has 0 bridgehead atoms. The van der Waals surface area contributed by atoms with Gasteiger partial charge in [0.2, 0.25) is 5.91 Å². The first kappa shape index (κ1) is 19.6. The maximum atomic E-state index is 12.7. The van der Waals surface area contributed by atoms with Gasteiger partial charge >= 0.3 is 6.18 Å². The number of fused-ring (bicyclic) bond motifs is 1. The highest BCUT2D eigenvalue weighted by atomic mass is 32.1. The van der Waals surface area contributed by atoms with Crippen LogP contribution in [-0.4, -0.2) is 22.3 Å². The molecule has 29 heavy (non-hydrogen) atoms. The van der Waals surface area contributed by atoms with Crippen LogP contribution in [0, 0.1) is 0 Å². The van der Waals surface area contributed by atoms with E-state index in [0.717, 1.165) is 28.3 Å². The van der Waals surface area contributed by atoms with Gasteiger partial charge < -0.3 is 4.90 Å². The van der Waals surface area contributed by atoms with Crippen molar-refractivity contribution in [1.29, 1.82) is 0 Å². The average Bonchev–Trinajstić information content (AvgIpc) is 3.15. The van der Waals surface area contributed by atoms with Gasteiger partial charge in [-0.15, -0.1) is 11.3 Å². The quantitative estimate of drug-likeness (QED) is 0.575. The first-order chi connectivity index (χ1) is 13.9. The Morgan fingerprint density at radius 2 is 1.79 bits per heavy atom. The van der Waals surface area contributed by atoms with Crippen LogP contribution in [0.2, 0.25) is 0 Å². The molecule has 0 radical (unpaired) electrons. The zero-order chi connectivity index (χ0) is 20.4. The molecule has 1 aliphatic rings. The van der Waals surface area contributed by atoms with E-state index in [-0.39, 0.29) is 5.91 Å². The molecule has 0 atom stereocenters. The van der Waals surface area contributed by atoms with E-state index in [1.807, 2.05) is 35.2 Å². The Bertz CT molecular complexity index is 997. The summed E-state index contributed by atoms with van der Waals surface area (Å²) < 4.78 is 38.2. The van der Waals surface area contributed by atoms with Crippen LogP contribution in [-0.2, 0) is 30.4 Å². The van der Waals surface area contributed by atoms with Crippen LogP contribution in [0.15, 0.2) is 54.6 Å². The van der Waals surface area contributed by atoms with E-state index >= 15 is 0 Å². The normalized spacial score (nSPS) is 14.0. The number of carbonyl (C=O) groups excluding carboxylic acids is 1. The van der Waals surface area contributed by atoms with E-state index in [2.05, 4.69) is 4.98 Å². The predicted octanol–water partition coefficient (Wildman–Crippen LogP) is 5.35. The zero-order valence-corrected chi connectivity index (χ0v) is 16.4. The second-order valence-corrected chi connectivity index (χ2v) is 8.10. The molecule has 2 aromatic carbocycles. The van der Waals surface area contributed by atoms with Crippen LogP contribution in [0.4, 0.5) is 13.2 Å². The molecule has 0 fully saturated rings. The lowest BCUT2D eigenvalue weighted by molar-refractivity contribution is -0.137. The minimum absolute atomic E-state index is 0.115. The van der Waals surface area contributed by atoms with E-state index in [0.29, 0.717) is 42.9 Å². The number of rotatable bonds is 4. The van der Waals surface area contributed by atoms with Gasteiger partial charge in [-0.1, -0.05) is 42.5 Å². The minimum Gasteiger partial charge on any atom is -0.337 e. The van der Waals surface area contributed by atoms with Crippen molar-refractivity contribution in [3.63, 3.8) is 0 Å². The van der Waals surface area contributed by atoms with Crippen molar-refractivity contribution >= 4 is 17.2 Å². The van der Waals surface area contributed by atoms with Gasteiger partial charge in [-0.25, -0.2) is 4.98 Å². The summed E-state index contributed by atoms with van der Waals surface area (Å²) in [4.78, 5) is 20.1. The lowest BCUT2D eigenvalue weighted by Gasteiger charge is -2.26. The van der Waals surface area contributed by atoms with Crippen molar-refractivity contribution < 1.29 is 18.0 Å². The molecule has 150 valence electrons. The van der Waals surface area contributed by atoms with E-state index < -0.39 is 11.7 Å². The van der Waals surface area contributed by atoms with Crippen molar-refractivity contribution in [3.05, 3.63) is 76.3 Å². The van der Waals surface area contributed by atoms with Gasteiger partial charge in [-0.3, -0.25) is 4.79 Å². The molecule has 1 aliphatic heterocycles. The van der Waals surface area contributed by atoms with E-state index in [4.69, 9.17) is 0 Å². The summed E-state index contributed by atoms with van der Waals surface area (Å²) in [5, 5.41) is 0.697. The van der Waals surface area contributed by atoms with Crippen LogP contribution < -0.4 is 0 Å². The first-order valence-corrected chi connectivity index (χ1v) is 10.2. The number of hydrogen-bond donors (Lipinski definition) is 0. The van der Waals surface area contributed by atoms with Crippen LogP contribution in [0.3, 0.4) is 0 Å². The molecule has 7 heteroatoms. The third-order valence-corrected chi connectivity index (χ3v) is 6.14. The largest absolute Gasteiger partial charge is 0.416 e. The Kier molecular flexibility index (Phi) is 5.41. The second kappa shape index (κ2) is 7.99. The number of alkyl halides is 3. The minimum atomic E-state index is -4.35. The second-order valence-electron chi connectivity index (χ2n) is 7.01. The Hall–Kier alpha value is -2.67. The Labute approximate surface area is 170 Å². The number of benzene rings is 2. The fourth-order valence-electron chi connectivity index (χ4n) is 3.39. The number of halogens is 3. The molecule has 0 saturated heterocycles. The highest BCUT2D eigenvalue weighted by Crippen LogP contribution is 2.34. The van der Waals surface area contributed by atoms with Crippen LogP contribution in [0.25, 0.3) is 10.6 Å². The number of aryl methyl sites for hydroxylation is 1. The summed E-state index contributed by atoms with van der Waals surface area (Å²) in [6.45, 7) is 1.14. The van der Waals surface area contributed by atoms with Gasteiger partial charge in [0.05, 0.1) is 17.8 Å². The van der Waals surface area contributed by atoms with Gasteiger partial charge in [0.25, 0.3) is 0 Å². The zero-order valence-electron chi connectivity index (χ0n) is 15.6. The standard InChI is InChI=1S/C22H19F3N2OS/c23-22(24,25)17-9-7-16(8-10-17)21-26-18-12-13-27(14-19(18)29-21)20(28)11-6-15-4-2-1-3-5-15/h1-5,7-10H,6,11-14H2. The van der Waals surface area contributed by atoms with Crippen molar-refractivity contribution in [2.45, 2.75) is 32.0 Å². The van der Waals surface area contributed by atoms with Gasteiger partial charge in [-0.2, -0.15) is 13.2 Å². The molecular formula is C22H19F3N2OS. The molecule has 0 spiro atoms. The van der Waals surface area contributed by atoms with Crippen LogP contribution >= 0.6 is 11.3 Å². The summed E-state index contributed by atoms with van der Waals surface area (Å²) in [5.74, 6) is 0.115. The summed E-state index contributed by atoms with van der Waals surface area (Å²) in [6.07, 6.45) is -2.50. The predicted molar refractivity (Wildman–Crippen MR) is 106 cm³/mol. The van der Waals surface area contributed by atoms with Crippen LogP contribution in [0.1, 0.15) is 28.1 Å². The number of carbonyl (C=O) groups is 1. The highest BCUT2D eigenvalue weighted by molar-refractivity contribution is 7.15. The highest BCUT2D eigenvalue weighted by Gasteiger charge is 2.30. The molecule has 4 rings (SSSR count). The Morgan fingerprint density at radius 3 is 2.48 bits per heavy atom. The molecule has 3 nitrogen and oxygen atoms in total. The number of thiazole rings is 1. The third-order valence-electron chi connectivity index (χ3n) is 5.01. The number of amides is 1. The van der Waals surface area contributed by atoms with Crippen molar-refractivity contribution in [3.8, 4) is 10.6 Å². The smallest absolute Gasteiger partial charge is 0.337 e. The SMILES string of the molecule is O=C(CCc1ccccc1)N1CCc2nc(-c3ccc(C(F)(F)F)cc3)sc2C1. The summed E-state index contributed by atoms with van der Waals surface area (Å²) in [7, 11) is 0. The molecule has 0 aliphatic carbocycles.